The topological polar surface area (TPSA) is 26.3 Å². The van der Waals surface area contributed by atoms with Crippen LogP contribution in [0.1, 0.15) is 10.4 Å². The number of hydrogen-bond donors (Lipinski definition) is 0. The molecule has 0 radical (unpaired) electrons. The third-order valence-electron chi connectivity index (χ3n) is 1.70. The van der Waals surface area contributed by atoms with Crippen LogP contribution in [0.3, 0.4) is 0 Å². The Morgan fingerprint density at radius 1 is 1.00 bits per heavy atom. The molecule has 0 aliphatic heterocycles. The van der Waals surface area contributed by atoms with Gasteiger partial charge in [0, 0.05) is 0 Å². The van der Waals surface area contributed by atoms with Gasteiger partial charge in [0.05, 0.1) is 0 Å². The lowest BCUT2D eigenvalue weighted by molar-refractivity contribution is 0.0542. The van der Waals surface area contributed by atoms with Gasteiger partial charge in [-0.3, -0.25) is 0 Å². The Morgan fingerprint density at radius 3 is 1.82 bits per heavy atom. The van der Waals surface area contributed by atoms with Crippen molar-refractivity contribution in [3.05, 3.63) is 34.6 Å². The van der Waals surface area contributed by atoms with Crippen molar-refractivity contribution in [3.63, 3.8) is 0 Å². The summed E-state index contributed by atoms with van der Waals surface area (Å²) in [6.45, 7) is -0.654. The highest BCUT2D eigenvalue weighted by molar-refractivity contribution is 5.90. The molecule has 0 saturated heterocycles. The third kappa shape index (κ3) is 2.20. The predicted molar refractivity (Wildman–Crippen MR) is 45.3 cm³/mol. The van der Waals surface area contributed by atoms with Crippen LogP contribution in [0.15, 0.2) is 0 Å². The van der Waals surface area contributed by atoms with E-state index in [0.717, 1.165) is 0 Å². The van der Waals surface area contributed by atoms with Gasteiger partial charge in [0.1, 0.15) is 5.56 Å². The Labute approximate surface area is 92.0 Å². The summed E-state index contributed by atoms with van der Waals surface area (Å²) in [4.78, 5) is 11.0. The fourth-order valence-electron chi connectivity index (χ4n) is 0.963. The molecule has 0 bridgehead atoms. The van der Waals surface area contributed by atoms with Gasteiger partial charge in [0.25, 0.3) is 0 Å². The first-order valence-electron chi connectivity index (χ1n) is 4.03. The van der Waals surface area contributed by atoms with Crippen molar-refractivity contribution in [3.8, 4) is 12.3 Å². The van der Waals surface area contributed by atoms with E-state index in [0.29, 0.717) is 0 Å². The number of terminal acetylenes is 1. The van der Waals surface area contributed by atoms with Crippen molar-refractivity contribution in [1.29, 1.82) is 0 Å². The number of ether oxygens (including phenoxy) is 1. The third-order valence-corrected chi connectivity index (χ3v) is 1.70. The van der Waals surface area contributed by atoms with E-state index in [9.17, 15) is 26.7 Å². The Bertz CT molecular complexity index is 489. The summed E-state index contributed by atoms with van der Waals surface area (Å²) in [5, 5.41) is 0. The normalized spacial score (nSPS) is 9.88. The molecule has 0 aliphatic carbocycles. The van der Waals surface area contributed by atoms with Crippen molar-refractivity contribution < 1.29 is 31.5 Å². The fraction of sp³-hybridized carbons (Fsp3) is 0.100. The van der Waals surface area contributed by atoms with E-state index in [2.05, 4.69) is 4.74 Å². The average molecular weight is 250 g/mol. The lowest BCUT2D eigenvalue weighted by atomic mass is 10.1. The molecule has 1 aromatic carbocycles. The van der Waals surface area contributed by atoms with Crippen molar-refractivity contribution >= 4 is 5.97 Å². The Balaban J connectivity index is 3.35. The number of benzene rings is 1. The molecule has 0 spiro atoms. The maximum Gasteiger partial charge on any atom is 0.345 e. The molecule has 2 nitrogen and oxygen atoms in total. The van der Waals surface area contributed by atoms with Gasteiger partial charge in [-0.15, -0.1) is 6.42 Å². The maximum atomic E-state index is 13.0. The number of rotatable bonds is 2. The van der Waals surface area contributed by atoms with Gasteiger partial charge >= 0.3 is 5.97 Å². The molecule has 0 amide bonds. The Hall–Kier alpha value is -2.10. The minimum Gasteiger partial charge on any atom is -0.449 e. The first kappa shape index (κ1) is 13.0. The summed E-state index contributed by atoms with van der Waals surface area (Å²) in [7, 11) is 0. The molecule has 0 unspecified atom stereocenters. The quantitative estimate of drug-likeness (QED) is 0.264. The minimum atomic E-state index is -2.35. The second-order valence-corrected chi connectivity index (χ2v) is 2.73. The zero-order chi connectivity index (χ0) is 13.2. The van der Waals surface area contributed by atoms with E-state index < -0.39 is 47.2 Å². The van der Waals surface area contributed by atoms with Crippen LogP contribution in [-0.4, -0.2) is 12.6 Å². The molecule has 0 saturated carbocycles. The van der Waals surface area contributed by atoms with E-state index in [-0.39, 0.29) is 0 Å². The van der Waals surface area contributed by atoms with Crippen LogP contribution in [-0.2, 0) is 4.74 Å². The lowest BCUT2D eigenvalue weighted by Crippen LogP contribution is -2.15. The van der Waals surface area contributed by atoms with Crippen molar-refractivity contribution in [2.24, 2.45) is 0 Å². The summed E-state index contributed by atoms with van der Waals surface area (Å²) in [5.74, 6) is -11.3. The van der Waals surface area contributed by atoms with Gasteiger partial charge in [-0.2, -0.15) is 0 Å². The van der Waals surface area contributed by atoms with Crippen LogP contribution in [0.4, 0.5) is 22.0 Å². The highest BCUT2D eigenvalue weighted by Gasteiger charge is 2.30. The molecule has 0 heterocycles. The lowest BCUT2D eigenvalue weighted by Gasteiger charge is -2.06. The maximum absolute atomic E-state index is 13.0. The zero-order valence-electron chi connectivity index (χ0n) is 7.99. The van der Waals surface area contributed by atoms with Crippen LogP contribution in [0, 0.1) is 41.4 Å². The smallest absolute Gasteiger partial charge is 0.345 e. The summed E-state index contributed by atoms with van der Waals surface area (Å²) >= 11 is 0. The van der Waals surface area contributed by atoms with Crippen LogP contribution in [0.25, 0.3) is 0 Å². The molecule has 90 valence electrons. The molecule has 1 rings (SSSR count). The summed E-state index contributed by atoms with van der Waals surface area (Å²) in [6, 6.07) is 0. The molecule has 0 aliphatic rings. The van der Waals surface area contributed by atoms with Crippen LogP contribution < -0.4 is 0 Å². The standard InChI is InChI=1S/C10H3F5O2/c1-2-3-17-10(16)4-5(11)7(13)9(15)8(14)6(4)12/h1H,3H2. The number of carbonyl (C=O) groups excluding carboxylic acids is 1. The van der Waals surface area contributed by atoms with Crippen molar-refractivity contribution in [2.45, 2.75) is 0 Å². The van der Waals surface area contributed by atoms with Crippen LogP contribution in [0.5, 0.6) is 0 Å². The second-order valence-electron chi connectivity index (χ2n) is 2.73. The summed E-state index contributed by atoms with van der Waals surface area (Å²) in [5.41, 5.74) is -1.67. The number of halogens is 5. The van der Waals surface area contributed by atoms with E-state index in [1.165, 1.54) is 0 Å². The monoisotopic (exact) mass is 250 g/mol. The summed E-state index contributed by atoms with van der Waals surface area (Å²) in [6.07, 6.45) is 4.69. The summed E-state index contributed by atoms with van der Waals surface area (Å²) < 4.78 is 68.0. The minimum absolute atomic E-state index is 0.654. The fourth-order valence-corrected chi connectivity index (χ4v) is 0.963. The van der Waals surface area contributed by atoms with E-state index >= 15 is 0 Å². The van der Waals surface area contributed by atoms with Gasteiger partial charge in [-0.05, 0) is 0 Å². The largest absolute Gasteiger partial charge is 0.449 e. The molecular weight excluding hydrogens is 247 g/mol. The van der Waals surface area contributed by atoms with Gasteiger partial charge in [0.2, 0.25) is 5.82 Å². The number of carbonyl (C=O) groups is 1. The molecular formula is C10H3F5O2. The van der Waals surface area contributed by atoms with Gasteiger partial charge in [0.15, 0.2) is 29.9 Å². The van der Waals surface area contributed by atoms with Gasteiger partial charge < -0.3 is 4.74 Å². The number of hydrogen-bond acceptors (Lipinski definition) is 2. The van der Waals surface area contributed by atoms with Crippen molar-refractivity contribution in [2.75, 3.05) is 6.61 Å². The first-order valence-corrected chi connectivity index (χ1v) is 4.03. The van der Waals surface area contributed by atoms with E-state index in [1.54, 1.807) is 5.92 Å². The second kappa shape index (κ2) is 4.82. The molecule has 17 heavy (non-hydrogen) atoms. The highest BCUT2D eigenvalue weighted by Crippen LogP contribution is 2.23. The molecule has 0 N–H and O–H groups in total. The van der Waals surface area contributed by atoms with Crippen LogP contribution in [0.2, 0.25) is 0 Å². The number of esters is 1. The molecule has 1 aromatic rings. The molecule has 0 aromatic heterocycles. The van der Waals surface area contributed by atoms with Gasteiger partial charge in [-0.1, -0.05) is 5.92 Å². The Morgan fingerprint density at radius 2 is 1.41 bits per heavy atom. The van der Waals surface area contributed by atoms with E-state index in [4.69, 9.17) is 6.42 Å². The molecule has 0 atom stereocenters. The average Bonchev–Trinajstić information content (AvgIpc) is 2.31. The van der Waals surface area contributed by atoms with Crippen molar-refractivity contribution in [1.82, 2.24) is 0 Å². The van der Waals surface area contributed by atoms with Gasteiger partial charge in [-0.25, -0.2) is 26.7 Å². The Kier molecular flexibility index (Phi) is 3.68. The predicted octanol–water partition coefficient (Wildman–Crippen LogP) is 2.17. The molecule has 0 fully saturated rings. The zero-order valence-corrected chi connectivity index (χ0v) is 7.99. The van der Waals surface area contributed by atoms with Crippen LogP contribution >= 0.6 is 0 Å². The van der Waals surface area contributed by atoms with E-state index in [1.807, 2.05) is 0 Å². The molecule has 7 heteroatoms. The first-order chi connectivity index (χ1) is 7.91. The highest BCUT2D eigenvalue weighted by atomic mass is 19.2. The SMILES string of the molecule is C#CCOC(=O)c1c(F)c(F)c(F)c(F)c1F.